The monoisotopic (exact) mass is 261 g/mol. The van der Waals surface area contributed by atoms with Crippen molar-refractivity contribution in [3.8, 4) is 0 Å². The smallest absolute Gasteiger partial charge is 0.123 e. The van der Waals surface area contributed by atoms with E-state index < -0.39 is 0 Å². The minimum absolute atomic E-state index is 0.230. The van der Waals surface area contributed by atoms with Gasteiger partial charge in [0.05, 0.1) is 5.69 Å². The van der Waals surface area contributed by atoms with Gasteiger partial charge in [0, 0.05) is 24.7 Å². The third-order valence-corrected chi connectivity index (χ3v) is 3.26. The van der Waals surface area contributed by atoms with Gasteiger partial charge in [-0.25, -0.2) is 4.39 Å². The number of hydrogen-bond acceptors (Lipinski definition) is 2. The zero-order chi connectivity index (χ0) is 14.0. The normalized spacial score (nSPS) is 12.9. The summed E-state index contributed by atoms with van der Waals surface area (Å²) < 4.78 is 15.2. The Kier molecular flexibility index (Phi) is 4.00. The first-order valence-electron chi connectivity index (χ1n) is 6.53. The van der Waals surface area contributed by atoms with Crippen LogP contribution < -0.4 is 5.73 Å². The molecule has 3 nitrogen and oxygen atoms in total. The summed E-state index contributed by atoms with van der Waals surface area (Å²) in [6.07, 6.45) is 2.56. The lowest BCUT2D eigenvalue weighted by atomic mass is 9.98. The van der Waals surface area contributed by atoms with Crippen molar-refractivity contribution in [2.24, 2.45) is 5.73 Å². The van der Waals surface area contributed by atoms with Crippen molar-refractivity contribution in [1.29, 1.82) is 0 Å². The molecule has 4 heteroatoms. The molecule has 0 aliphatic rings. The molecule has 0 aliphatic carbocycles. The van der Waals surface area contributed by atoms with E-state index in [1.807, 2.05) is 23.9 Å². The molecule has 0 fully saturated rings. The molecule has 0 radical (unpaired) electrons. The van der Waals surface area contributed by atoms with Gasteiger partial charge in [-0.15, -0.1) is 0 Å². The van der Waals surface area contributed by atoms with Crippen LogP contribution >= 0.6 is 0 Å². The fourth-order valence-electron chi connectivity index (χ4n) is 2.12. The molecule has 1 atom stereocenters. The average Bonchev–Trinajstić information content (AvgIpc) is 2.80. The highest BCUT2D eigenvalue weighted by Crippen LogP contribution is 2.20. The van der Waals surface area contributed by atoms with Crippen LogP contribution in [0.4, 0.5) is 4.39 Å². The fraction of sp³-hybridized carbons (Fsp3) is 0.400. The predicted molar refractivity (Wildman–Crippen MR) is 74.4 cm³/mol. The molecular weight excluding hydrogens is 241 g/mol. The Morgan fingerprint density at radius 3 is 2.68 bits per heavy atom. The van der Waals surface area contributed by atoms with Gasteiger partial charge in [-0.1, -0.05) is 6.07 Å². The van der Waals surface area contributed by atoms with E-state index in [9.17, 15) is 4.39 Å². The van der Waals surface area contributed by atoms with Crippen LogP contribution in [0.15, 0.2) is 30.5 Å². The molecule has 19 heavy (non-hydrogen) atoms. The Balaban J connectivity index is 2.15. The van der Waals surface area contributed by atoms with Crippen molar-refractivity contribution in [2.45, 2.75) is 39.3 Å². The number of aromatic nitrogens is 2. The highest BCUT2D eigenvalue weighted by Gasteiger charge is 2.13. The summed E-state index contributed by atoms with van der Waals surface area (Å²) in [5.41, 5.74) is 8.96. The summed E-state index contributed by atoms with van der Waals surface area (Å²) >= 11 is 0. The van der Waals surface area contributed by atoms with E-state index in [1.165, 1.54) is 12.1 Å². The van der Waals surface area contributed by atoms with Crippen molar-refractivity contribution < 1.29 is 4.39 Å². The first-order chi connectivity index (χ1) is 8.97. The third kappa shape index (κ3) is 3.20. The highest BCUT2D eigenvalue weighted by molar-refractivity contribution is 5.30. The summed E-state index contributed by atoms with van der Waals surface area (Å²) in [6.45, 7) is 6.10. The van der Waals surface area contributed by atoms with Crippen LogP contribution in [-0.2, 0) is 6.42 Å². The van der Waals surface area contributed by atoms with Crippen LogP contribution in [0.3, 0.4) is 0 Å². The molecule has 2 rings (SSSR count). The molecule has 1 aromatic heterocycles. The second-order valence-corrected chi connectivity index (χ2v) is 5.19. The van der Waals surface area contributed by atoms with E-state index in [1.54, 1.807) is 6.07 Å². The molecule has 0 bridgehead atoms. The molecule has 102 valence electrons. The van der Waals surface area contributed by atoms with Gasteiger partial charge in [0.1, 0.15) is 5.82 Å². The van der Waals surface area contributed by atoms with Crippen molar-refractivity contribution >= 4 is 0 Å². The lowest BCUT2D eigenvalue weighted by Crippen LogP contribution is -2.15. The van der Waals surface area contributed by atoms with E-state index >= 15 is 0 Å². The average molecular weight is 261 g/mol. The Morgan fingerprint density at radius 1 is 1.32 bits per heavy atom. The minimum Gasteiger partial charge on any atom is -0.324 e. The van der Waals surface area contributed by atoms with E-state index in [0.29, 0.717) is 12.5 Å². The minimum atomic E-state index is -0.247. The van der Waals surface area contributed by atoms with Gasteiger partial charge < -0.3 is 5.73 Å². The highest BCUT2D eigenvalue weighted by atomic mass is 19.1. The van der Waals surface area contributed by atoms with Crippen molar-refractivity contribution in [3.63, 3.8) is 0 Å². The Morgan fingerprint density at radius 2 is 2.05 bits per heavy atom. The summed E-state index contributed by atoms with van der Waals surface area (Å²) in [5, 5.41) is 4.47. The standard InChI is InChI=1S/C15H20FN3/c1-10(2)19-7-6-13(18-19)9-15(17)14-8-12(16)5-4-11(14)3/h4-8,10,15H,9,17H2,1-3H3. The number of rotatable bonds is 4. The molecule has 2 aromatic rings. The maximum Gasteiger partial charge on any atom is 0.123 e. The van der Waals surface area contributed by atoms with Crippen LogP contribution in [0.5, 0.6) is 0 Å². The third-order valence-electron chi connectivity index (χ3n) is 3.26. The molecule has 0 spiro atoms. The van der Waals surface area contributed by atoms with Gasteiger partial charge in [0.15, 0.2) is 0 Å². The van der Waals surface area contributed by atoms with Gasteiger partial charge in [-0.2, -0.15) is 5.10 Å². The zero-order valence-electron chi connectivity index (χ0n) is 11.6. The molecular formula is C15H20FN3. The molecule has 0 saturated heterocycles. The zero-order valence-corrected chi connectivity index (χ0v) is 11.6. The molecule has 1 aromatic carbocycles. The summed E-state index contributed by atoms with van der Waals surface area (Å²) in [5.74, 6) is -0.247. The summed E-state index contributed by atoms with van der Waals surface area (Å²) in [7, 11) is 0. The quantitative estimate of drug-likeness (QED) is 0.918. The Hall–Kier alpha value is -1.68. The van der Waals surface area contributed by atoms with Crippen LogP contribution in [0.25, 0.3) is 0 Å². The lowest BCUT2D eigenvalue weighted by molar-refractivity contribution is 0.522. The number of nitrogens with zero attached hydrogens (tertiary/aromatic N) is 2. The van der Waals surface area contributed by atoms with Crippen LogP contribution in [0.2, 0.25) is 0 Å². The van der Waals surface area contributed by atoms with Crippen molar-refractivity contribution in [1.82, 2.24) is 9.78 Å². The molecule has 0 amide bonds. The lowest BCUT2D eigenvalue weighted by Gasteiger charge is -2.13. The maximum absolute atomic E-state index is 13.3. The first-order valence-corrected chi connectivity index (χ1v) is 6.53. The second-order valence-electron chi connectivity index (χ2n) is 5.19. The summed E-state index contributed by atoms with van der Waals surface area (Å²) in [6, 6.07) is 6.80. The molecule has 1 unspecified atom stereocenters. The largest absolute Gasteiger partial charge is 0.324 e. The Bertz CT molecular complexity index is 560. The van der Waals surface area contributed by atoms with Crippen LogP contribution in [0.1, 0.15) is 42.8 Å². The van der Waals surface area contributed by atoms with E-state index in [-0.39, 0.29) is 11.9 Å². The van der Waals surface area contributed by atoms with E-state index in [0.717, 1.165) is 16.8 Å². The van der Waals surface area contributed by atoms with Gasteiger partial charge >= 0.3 is 0 Å². The van der Waals surface area contributed by atoms with Crippen molar-refractivity contribution in [2.75, 3.05) is 0 Å². The molecule has 2 N–H and O–H groups in total. The fourth-order valence-corrected chi connectivity index (χ4v) is 2.12. The first kappa shape index (κ1) is 13.7. The SMILES string of the molecule is Cc1ccc(F)cc1C(N)Cc1ccn(C(C)C)n1. The van der Waals surface area contributed by atoms with E-state index in [4.69, 9.17) is 5.73 Å². The number of aryl methyl sites for hydroxylation is 1. The number of benzene rings is 1. The second kappa shape index (κ2) is 5.53. The number of halogens is 1. The van der Waals surface area contributed by atoms with Gasteiger partial charge in [0.2, 0.25) is 0 Å². The van der Waals surface area contributed by atoms with Gasteiger partial charge in [-0.3, -0.25) is 4.68 Å². The maximum atomic E-state index is 13.3. The van der Waals surface area contributed by atoms with Gasteiger partial charge in [0.25, 0.3) is 0 Å². The van der Waals surface area contributed by atoms with E-state index in [2.05, 4.69) is 18.9 Å². The molecule has 0 saturated carbocycles. The topological polar surface area (TPSA) is 43.8 Å². The van der Waals surface area contributed by atoms with Crippen molar-refractivity contribution in [3.05, 3.63) is 53.1 Å². The summed E-state index contributed by atoms with van der Waals surface area (Å²) in [4.78, 5) is 0. The predicted octanol–water partition coefficient (Wildman–Crippen LogP) is 3.15. The molecule has 0 aliphatic heterocycles. The van der Waals surface area contributed by atoms with Crippen LogP contribution in [-0.4, -0.2) is 9.78 Å². The number of nitrogens with two attached hydrogens (primary N) is 1. The number of hydrogen-bond donors (Lipinski definition) is 1. The van der Waals surface area contributed by atoms with Gasteiger partial charge in [-0.05, 0) is 50.1 Å². The molecule has 1 heterocycles. The Labute approximate surface area is 113 Å². The van der Waals surface area contributed by atoms with Crippen LogP contribution in [0, 0.1) is 12.7 Å².